The lowest BCUT2D eigenvalue weighted by Crippen LogP contribution is -2.37. The third kappa shape index (κ3) is 4.13. The van der Waals surface area contributed by atoms with Crippen molar-refractivity contribution in [2.24, 2.45) is 5.10 Å². The molecule has 2 aromatic rings. The highest BCUT2D eigenvalue weighted by atomic mass is 19.1. The lowest BCUT2D eigenvalue weighted by molar-refractivity contribution is 0.122. The highest BCUT2D eigenvalue weighted by Crippen LogP contribution is 2.16. The summed E-state index contributed by atoms with van der Waals surface area (Å²) in [6, 6.07) is 6.17. The van der Waals surface area contributed by atoms with Crippen LogP contribution in [0.25, 0.3) is 0 Å². The minimum absolute atomic E-state index is 0.200. The molecule has 0 amide bonds. The minimum Gasteiger partial charge on any atom is -0.467 e. The van der Waals surface area contributed by atoms with Crippen LogP contribution in [0.2, 0.25) is 0 Å². The number of hydrazone groups is 1. The molecule has 8 nitrogen and oxygen atoms in total. The van der Waals surface area contributed by atoms with Crippen molar-refractivity contribution in [2.45, 2.75) is 0 Å². The average Bonchev–Trinajstić information content (AvgIpc) is 2.64. The van der Waals surface area contributed by atoms with Crippen LogP contribution in [0, 0.1) is 5.82 Å². The molecule has 1 aliphatic heterocycles. The molecule has 2 heterocycles. The van der Waals surface area contributed by atoms with Gasteiger partial charge in [-0.15, -0.1) is 0 Å². The molecule has 0 bridgehead atoms. The summed E-state index contributed by atoms with van der Waals surface area (Å²) in [5.41, 5.74) is 3.49. The Kier molecular flexibility index (Phi) is 5.12. The van der Waals surface area contributed by atoms with Crippen molar-refractivity contribution in [2.75, 3.05) is 43.7 Å². The Morgan fingerprint density at radius 3 is 2.67 bits per heavy atom. The Hall–Kier alpha value is -2.81. The number of halogens is 1. The SMILES string of the molecule is COc1nc(N/N=C\c2ccc(F)cc2)nc(N2CCOCC2)n1. The van der Waals surface area contributed by atoms with Crippen molar-refractivity contribution in [3.05, 3.63) is 35.6 Å². The monoisotopic (exact) mass is 332 g/mol. The van der Waals surface area contributed by atoms with Crippen LogP contribution in [0.3, 0.4) is 0 Å². The van der Waals surface area contributed by atoms with Crippen LogP contribution in [-0.4, -0.2) is 54.6 Å². The third-order valence-electron chi connectivity index (χ3n) is 3.33. The largest absolute Gasteiger partial charge is 0.467 e. The van der Waals surface area contributed by atoms with E-state index in [1.165, 1.54) is 19.2 Å². The average molecular weight is 332 g/mol. The summed E-state index contributed by atoms with van der Waals surface area (Å²) in [7, 11) is 1.49. The predicted molar refractivity (Wildman–Crippen MR) is 87.0 cm³/mol. The number of nitrogens with zero attached hydrogens (tertiary/aromatic N) is 5. The van der Waals surface area contributed by atoms with Gasteiger partial charge in [-0.1, -0.05) is 12.1 Å². The lowest BCUT2D eigenvalue weighted by atomic mass is 10.2. The van der Waals surface area contributed by atoms with E-state index in [0.717, 1.165) is 5.56 Å². The van der Waals surface area contributed by atoms with Gasteiger partial charge in [0.2, 0.25) is 5.95 Å². The Bertz CT molecular complexity index is 704. The van der Waals surface area contributed by atoms with Crippen LogP contribution >= 0.6 is 0 Å². The standard InChI is InChI=1S/C15H17FN6O2/c1-23-15-19-13(18-14(20-15)22-6-8-24-9-7-22)21-17-10-11-2-4-12(16)5-3-11/h2-5,10H,6-9H2,1H3,(H,18,19,20,21)/b17-10-. The van der Waals surface area contributed by atoms with Gasteiger partial charge in [0.1, 0.15) is 5.82 Å². The highest BCUT2D eigenvalue weighted by molar-refractivity contribution is 5.79. The van der Waals surface area contributed by atoms with Gasteiger partial charge in [-0.2, -0.15) is 20.1 Å². The number of benzene rings is 1. The maximum absolute atomic E-state index is 12.9. The fraction of sp³-hybridized carbons (Fsp3) is 0.333. The molecule has 3 rings (SSSR count). The molecule has 1 fully saturated rings. The predicted octanol–water partition coefficient (Wildman–Crippen LogP) is 1.30. The molecule has 0 atom stereocenters. The molecular weight excluding hydrogens is 315 g/mol. The molecule has 0 unspecified atom stereocenters. The van der Waals surface area contributed by atoms with Gasteiger partial charge in [0.25, 0.3) is 5.95 Å². The zero-order valence-corrected chi connectivity index (χ0v) is 13.1. The van der Waals surface area contributed by atoms with Gasteiger partial charge < -0.3 is 14.4 Å². The molecule has 1 aromatic heterocycles. The summed E-state index contributed by atoms with van der Waals surface area (Å²) in [4.78, 5) is 14.7. The molecule has 0 radical (unpaired) electrons. The molecular formula is C15H17FN6O2. The van der Waals surface area contributed by atoms with Crippen molar-refractivity contribution in [1.29, 1.82) is 0 Å². The van der Waals surface area contributed by atoms with Crippen molar-refractivity contribution in [3.63, 3.8) is 0 Å². The molecule has 24 heavy (non-hydrogen) atoms. The van der Waals surface area contributed by atoms with Crippen molar-refractivity contribution in [1.82, 2.24) is 15.0 Å². The normalized spacial score (nSPS) is 14.8. The van der Waals surface area contributed by atoms with Crippen LogP contribution in [0.15, 0.2) is 29.4 Å². The molecule has 1 N–H and O–H groups in total. The maximum atomic E-state index is 12.9. The third-order valence-corrected chi connectivity index (χ3v) is 3.33. The zero-order valence-electron chi connectivity index (χ0n) is 13.1. The second-order valence-electron chi connectivity index (χ2n) is 4.97. The van der Waals surface area contributed by atoms with Crippen LogP contribution < -0.4 is 15.1 Å². The number of hydrogen-bond acceptors (Lipinski definition) is 8. The fourth-order valence-electron chi connectivity index (χ4n) is 2.11. The number of aromatic nitrogens is 3. The van der Waals surface area contributed by atoms with Gasteiger partial charge in [0, 0.05) is 13.1 Å². The Labute approximate surface area is 138 Å². The van der Waals surface area contributed by atoms with E-state index in [1.54, 1.807) is 18.3 Å². The van der Waals surface area contributed by atoms with Gasteiger partial charge in [0.15, 0.2) is 0 Å². The Morgan fingerprint density at radius 2 is 1.96 bits per heavy atom. The van der Waals surface area contributed by atoms with E-state index in [0.29, 0.717) is 32.3 Å². The van der Waals surface area contributed by atoms with Gasteiger partial charge in [-0.05, 0) is 17.7 Å². The maximum Gasteiger partial charge on any atom is 0.322 e. The van der Waals surface area contributed by atoms with Crippen molar-refractivity contribution in [3.8, 4) is 6.01 Å². The summed E-state index contributed by atoms with van der Waals surface area (Å²) < 4.78 is 23.3. The molecule has 1 aromatic carbocycles. The zero-order chi connectivity index (χ0) is 16.8. The summed E-state index contributed by atoms with van der Waals surface area (Å²) in [6.45, 7) is 2.65. The molecule has 1 aliphatic rings. The van der Waals surface area contributed by atoms with Crippen LogP contribution in [0.5, 0.6) is 6.01 Å². The van der Waals surface area contributed by atoms with Gasteiger partial charge in [-0.25, -0.2) is 9.82 Å². The molecule has 9 heteroatoms. The number of morpholine rings is 1. The molecule has 0 spiro atoms. The first-order valence-corrected chi connectivity index (χ1v) is 7.42. The molecule has 0 saturated carbocycles. The van der Waals surface area contributed by atoms with Crippen molar-refractivity contribution < 1.29 is 13.9 Å². The summed E-state index contributed by atoms with van der Waals surface area (Å²) >= 11 is 0. The van der Waals surface area contributed by atoms with E-state index in [-0.39, 0.29) is 17.8 Å². The molecule has 1 saturated heterocycles. The molecule has 126 valence electrons. The fourth-order valence-corrected chi connectivity index (χ4v) is 2.11. The number of anilines is 2. The van der Waals surface area contributed by atoms with E-state index in [9.17, 15) is 4.39 Å². The number of ether oxygens (including phenoxy) is 2. The van der Waals surface area contributed by atoms with Crippen LogP contribution in [0.1, 0.15) is 5.56 Å². The van der Waals surface area contributed by atoms with E-state index in [2.05, 4.69) is 25.5 Å². The summed E-state index contributed by atoms with van der Waals surface area (Å²) in [5, 5.41) is 4.05. The number of nitrogens with one attached hydrogen (secondary N) is 1. The van der Waals surface area contributed by atoms with E-state index in [1.807, 2.05) is 4.90 Å². The van der Waals surface area contributed by atoms with Crippen LogP contribution in [0.4, 0.5) is 16.3 Å². The summed E-state index contributed by atoms with van der Waals surface area (Å²) in [5.74, 6) is 0.476. The first kappa shape index (κ1) is 16.1. The first-order chi connectivity index (χ1) is 11.7. The highest BCUT2D eigenvalue weighted by Gasteiger charge is 2.16. The first-order valence-electron chi connectivity index (χ1n) is 7.42. The lowest BCUT2D eigenvalue weighted by Gasteiger charge is -2.26. The smallest absolute Gasteiger partial charge is 0.322 e. The second-order valence-corrected chi connectivity index (χ2v) is 4.97. The second kappa shape index (κ2) is 7.64. The van der Waals surface area contributed by atoms with Crippen LogP contribution in [-0.2, 0) is 4.74 Å². The summed E-state index contributed by atoms with van der Waals surface area (Å²) in [6.07, 6.45) is 1.55. The molecule has 0 aliphatic carbocycles. The van der Waals surface area contributed by atoms with Crippen molar-refractivity contribution >= 4 is 18.1 Å². The van der Waals surface area contributed by atoms with Gasteiger partial charge >= 0.3 is 6.01 Å². The van der Waals surface area contributed by atoms with E-state index >= 15 is 0 Å². The minimum atomic E-state index is -0.294. The van der Waals surface area contributed by atoms with E-state index in [4.69, 9.17) is 9.47 Å². The van der Waals surface area contributed by atoms with Gasteiger partial charge in [0.05, 0.1) is 26.5 Å². The number of methoxy groups -OCH3 is 1. The Morgan fingerprint density at radius 1 is 1.21 bits per heavy atom. The number of rotatable bonds is 5. The number of hydrogen-bond donors (Lipinski definition) is 1. The Balaban J connectivity index is 1.73. The quantitative estimate of drug-likeness (QED) is 0.652. The topological polar surface area (TPSA) is 84.8 Å². The van der Waals surface area contributed by atoms with Gasteiger partial charge in [-0.3, -0.25) is 0 Å². The van der Waals surface area contributed by atoms with E-state index < -0.39 is 0 Å².